The highest BCUT2D eigenvalue weighted by Crippen LogP contribution is 2.26. The number of carbonyl (C=O) groups is 2. The van der Waals surface area contributed by atoms with Gasteiger partial charge in [0, 0.05) is 35.1 Å². The molecule has 1 N–H and O–H groups in total. The van der Waals surface area contributed by atoms with Crippen molar-refractivity contribution in [2.75, 3.05) is 6.54 Å². The standard InChI is InChI=1S/C15H18Cl2N2O2/c1-9(2)14-15(21)19(7-6-13(20)18-14)8-10-11(16)4-3-5-12(10)17/h3-5,9,14H,6-8H2,1-2H3,(H,18,20). The van der Waals surface area contributed by atoms with Crippen LogP contribution in [-0.4, -0.2) is 29.3 Å². The Bertz CT molecular complexity index is 540. The molecule has 0 saturated carbocycles. The van der Waals surface area contributed by atoms with Gasteiger partial charge in [0.2, 0.25) is 11.8 Å². The van der Waals surface area contributed by atoms with Gasteiger partial charge in [0.15, 0.2) is 0 Å². The van der Waals surface area contributed by atoms with Crippen molar-refractivity contribution in [3.8, 4) is 0 Å². The third-order valence-electron chi connectivity index (χ3n) is 3.58. The number of benzene rings is 1. The summed E-state index contributed by atoms with van der Waals surface area (Å²) < 4.78 is 0. The summed E-state index contributed by atoms with van der Waals surface area (Å²) >= 11 is 12.3. The van der Waals surface area contributed by atoms with Crippen LogP contribution in [0, 0.1) is 5.92 Å². The van der Waals surface area contributed by atoms with Crippen molar-refractivity contribution in [3.05, 3.63) is 33.8 Å². The first kappa shape index (κ1) is 16.1. The third-order valence-corrected chi connectivity index (χ3v) is 4.29. The zero-order chi connectivity index (χ0) is 15.6. The fourth-order valence-electron chi connectivity index (χ4n) is 2.33. The van der Waals surface area contributed by atoms with Crippen LogP contribution in [0.4, 0.5) is 0 Å². The first-order valence-corrected chi connectivity index (χ1v) is 7.66. The number of rotatable bonds is 3. The molecule has 6 heteroatoms. The zero-order valence-corrected chi connectivity index (χ0v) is 13.5. The number of hydrogen-bond donors (Lipinski definition) is 1. The number of nitrogens with one attached hydrogen (secondary N) is 1. The Balaban J connectivity index is 2.25. The molecule has 0 aliphatic carbocycles. The summed E-state index contributed by atoms with van der Waals surface area (Å²) in [5.41, 5.74) is 0.714. The summed E-state index contributed by atoms with van der Waals surface area (Å²) in [6, 6.07) is 4.75. The van der Waals surface area contributed by atoms with Gasteiger partial charge in [0.05, 0.1) is 0 Å². The molecular formula is C15H18Cl2N2O2. The summed E-state index contributed by atoms with van der Waals surface area (Å²) in [6.45, 7) is 4.51. The molecule has 0 aromatic heterocycles. The fraction of sp³-hybridized carbons (Fsp3) is 0.467. The van der Waals surface area contributed by atoms with Gasteiger partial charge in [-0.3, -0.25) is 9.59 Å². The van der Waals surface area contributed by atoms with Gasteiger partial charge in [-0.25, -0.2) is 0 Å². The topological polar surface area (TPSA) is 49.4 Å². The lowest BCUT2D eigenvalue weighted by molar-refractivity contribution is -0.135. The molecule has 0 bridgehead atoms. The lowest BCUT2D eigenvalue weighted by atomic mass is 10.0. The molecule has 1 aliphatic heterocycles. The Morgan fingerprint density at radius 2 is 1.90 bits per heavy atom. The molecule has 1 saturated heterocycles. The molecule has 1 aromatic carbocycles. The van der Waals surface area contributed by atoms with E-state index >= 15 is 0 Å². The Labute approximate surface area is 134 Å². The van der Waals surface area contributed by atoms with E-state index < -0.39 is 6.04 Å². The molecule has 21 heavy (non-hydrogen) atoms. The molecule has 1 heterocycles. The largest absolute Gasteiger partial charge is 0.344 e. The summed E-state index contributed by atoms with van der Waals surface area (Å²) in [5.74, 6) is -0.162. The summed E-state index contributed by atoms with van der Waals surface area (Å²) in [5, 5.41) is 3.83. The van der Waals surface area contributed by atoms with E-state index in [0.29, 0.717) is 28.7 Å². The minimum absolute atomic E-state index is 0.0313. The molecular weight excluding hydrogens is 311 g/mol. The van der Waals surface area contributed by atoms with Crippen molar-refractivity contribution in [1.82, 2.24) is 10.2 Å². The van der Waals surface area contributed by atoms with E-state index in [-0.39, 0.29) is 24.2 Å². The predicted molar refractivity (Wildman–Crippen MR) is 83.3 cm³/mol. The van der Waals surface area contributed by atoms with E-state index in [1.165, 1.54) is 0 Å². The van der Waals surface area contributed by atoms with E-state index in [9.17, 15) is 9.59 Å². The first-order valence-electron chi connectivity index (χ1n) is 6.91. The average molecular weight is 329 g/mol. The van der Waals surface area contributed by atoms with Gasteiger partial charge in [0.25, 0.3) is 0 Å². The minimum atomic E-state index is -0.499. The maximum atomic E-state index is 12.6. The molecule has 2 rings (SSSR count). The quantitative estimate of drug-likeness (QED) is 0.927. The molecule has 1 aromatic rings. The van der Waals surface area contributed by atoms with Gasteiger partial charge in [-0.15, -0.1) is 0 Å². The van der Waals surface area contributed by atoms with Crippen molar-refractivity contribution in [2.45, 2.75) is 32.9 Å². The number of hydrogen-bond acceptors (Lipinski definition) is 2. The number of carbonyl (C=O) groups excluding carboxylic acids is 2. The number of halogens is 2. The van der Waals surface area contributed by atoms with Crippen LogP contribution in [0.2, 0.25) is 10.0 Å². The Hall–Kier alpha value is -1.26. The molecule has 2 amide bonds. The summed E-state index contributed by atoms with van der Waals surface area (Å²) in [6.07, 6.45) is 0.289. The lowest BCUT2D eigenvalue weighted by Crippen LogP contribution is -2.47. The number of nitrogens with zero attached hydrogens (tertiary/aromatic N) is 1. The maximum absolute atomic E-state index is 12.6. The van der Waals surface area contributed by atoms with Gasteiger partial charge in [-0.1, -0.05) is 43.1 Å². The van der Waals surface area contributed by atoms with Crippen molar-refractivity contribution in [1.29, 1.82) is 0 Å². The molecule has 1 atom stereocenters. The van der Waals surface area contributed by atoms with Gasteiger partial charge >= 0.3 is 0 Å². The molecule has 4 nitrogen and oxygen atoms in total. The minimum Gasteiger partial charge on any atom is -0.344 e. The third kappa shape index (κ3) is 3.69. The molecule has 0 spiro atoms. The monoisotopic (exact) mass is 328 g/mol. The van der Waals surface area contributed by atoms with Crippen LogP contribution in [0.25, 0.3) is 0 Å². The normalized spacial score (nSPS) is 19.7. The van der Waals surface area contributed by atoms with Crippen LogP contribution in [0.1, 0.15) is 25.8 Å². The molecule has 1 aliphatic rings. The predicted octanol–water partition coefficient (Wildman–Crippen LogP) is 2.87. The average Bonchev–Trinajstić information content (AvgIpc) is 2.55. The second kappa shape index (κ2) is 6.67. The van der Waals surface area contributed by atoms with Crippen molar-refractivity contribution >= 4 is 35.0 Å². The first-order chi connectivity index (χ1) is 9.90. The highest BCUT2D eigenvalue weighted by atomic mass is 35.5. The van der Waals surface area contributed by atoms with E-state index in [4.69, 9.17) is 23.2 Å². The Kier molecular flexibility index (Phi) is 5.12. The summed E-state index contributed by atoms with van der Waals surface area (Å²) in [4.78, 5) is 26.0. The zero-order valence-electron chi connectivity index (χ0n) is 12.0. The van der Waals surface area contributed by atoms with Crippen LogP contribution in [0.3, 0.4) is 0 Å². The van der Waals surface area contributed by atoms with Crippen molar-refractivity contribution < 1.29 is 9.59 Å². The fourth-order valence-corrected chi connectivity index (χ4v) is 2.85. The highest BCUT2D eigenvalue weighted by molar-refractivity contribution is 6.36. The van der Waals surface area contributed by atoms with Crippen LogP contribution >= 0.6 is 23.2 Å². The van der Waals surface area contributed by atoms with Crippen LogP contribution in [0.5, 0.6) is 0 Å². The van der Waals surface area contributed by atoms with E-state index in [0.717, 1.165) is 0 Å². The van der Waals surface area contributed by atoms with Crippen LogP contribution in [0.15, 0.2) is 18.2 Å². The molecule has 1 unspecified atom stereocenters. The van der Waals surface area contributed by atoms with Crippen LogP contribution < -0.4 is 5.32 Å². The van der Waals surface area contributed by atoms with E-state index in [2.05, 4.69) is 5.32 Å². The lowest BCUT2D eigenvalue weighted by Gasteiger charge is -2.26. The van der Waals surface area contributed by atoms with Gasteiger partial charge < -0.3 is 10.2 Å². The second-order valence-electron chi connectivity index (χ2n) is 5.50. The smallest absolute Gasteiger partial charge is 0.245 e. The highest BCUT2D eigenvalue weighted by Gasteiger charge is 2.32. The molecule has 1 fully saturated rings. The van der Waals surface area contributed by atoms with Gasteiger partial charge in [-0.2, -0.15) is 0 Å². The Morgan fingerprint density at radius 3 is 2.48 bits per heavy atom. The molecule has 0 radical (unpaired) electrons. The maximum Gasteiger partial charge on any atom is 0.245 e. The van der Waals surface area contributed by atoms with Gasteiger partial charge in [-0.05, 0) is 18.1 Å². The van der Waals surface area contributed by atoms with E-state index in [1.54, 1.807) is 23.1 Å². The number of amides is 2. The van der Waals surface area contributed by atoms with Crippen molar-refractivity contribution in [2.24, 2.45) is 5.92 Å². The summed E-state index contributed by atoms with van der Waals surface area (Å²) in [7, 11) is 0. The van der Waals surface area contributed by atoms with Crippen LogP contribution in [-0.2, 0) is 16.1 Å². The van der Waals surface area contributed by atoms with Crippen molar-refractivity contribution in [3.63, 3.8) is 0 Å². The second-order valence-corrected chi connectivity index (χ2v) is 6.31. The van der Waals surface area contributed by atoms with E-state index in [1.807, 2.05) is 13.8 Å². The molecule has 114 valence electrons. The van der Waals surface area contributed by atoms with Gasteiger partial charge in [0.1, 0.15) is 6.04 Å². The Morgan fingerprint density at radius 1 is 1.29 bits per heavy atom. The SMILES string of the molecule is CC(C)C1NC(=O)CCN(Cc2c(Cl)cccc2Cl)C1=O.